The molecule has 0 atom stereocenters. The van der Waals surface area contributed by atoms with Crippen LogP contribution in [-0.2, 0) is 12.8 Å². The molecular weight excluding hydrogens is 354 g/mol. The highest BCUT2D eigenvalue weighted by molar-refractivity contribution is 6.04. The predicted molar refractivity (Wildman–Crippen MR) is 105 cm³/mol. The van der Waals surface area contributed by atoms with E-state index >= 15 is 0 Å². The summed E-state index contributed by atoms with van der Waals surface area (Å²) in [6, 6.07) is 10.1. The number of nitrogens with zero attached hydrogens (tertiary/aromatic N) is 1. The van der Waals surface area contributed by atoms with Crippen molar-refractivity contribution in [3.8, 4) is 23.0 Å². The lowest BCUT2D eigenvalue weighted by atomic mass is 9.93. The first-order valence-electron chi connectivity index (χ1n) is 8.19. The SMILES string of the molecule is COc1ccc2c(c1)CCN=C2Cc1cc(OC)c(OC)c(OC)c1.Cl. The molecule has 0 radical (unpaired) electrons. The Morgan fingerprint density at radius 1 is 0.885 bits per heavy atom. The van der Waals surface area contributed by atoms with Crippen molar-refractivity contribution in [1.29, 1.82) is 0 Å². The van der Waals surface area contributed by atoms with Crippen molar-refractivity contribution in [3.05, 3.63) is 47.0 Å². The van der Waals surface area contributed by atoms with Gasteiger partial charge in [-0.05, 0) is 53.4 Å². The number of aliphatic imine (C=N–C) groups is 1. The maximum absolute atomic E-state index is 5.45. The quantitative estimate of drug-likeness (QED) is 0.769. The molecule has 1 aliphatic rings. The Bertz CT molecular complexity index is 779. The molecule has 0 aliphatic carbocycles. The maximum Gasteiger partial charge on any atom is 0.203 e. The Balaban J connectivity index is 0.00000243. The standard InChI is InChI=1S/C20H23NO4.ClH/c1-22-15-5-6-16-14(12-15)7-8-21-17(16)9-13-10-18(23-2)20(25-4)19(11-13)24-3;/h5-6,10-12H,7-9H2,1-4H3;1H. The molecule has 0 unspecified atom stereocenters. The summed E-state index contributed by atoms with van der Waals surface area (Å²) in [4.78, 5) is 4.74. The number of ether oxygens (including phenoxy) is 4. The fourth-order valence-corrected chi connectivity index (χ4v) is 3.16. The van der Waals surface area contributed by atoms with Crippen LogP contribution in [0.15, 0.2) is 35.3 Å². The second kappa shape index (κ2) is 8.81. The van der Waals surface area contributed by atoms with Crippen molar-refractivity contribution in [2.75, 3.05) is 35.0 Å². The van der Waals surface area contributed by atoms with E-state index in [1.54, 1.807) is 28.4 Å². The van der Waals surface area contributed by atoms with Crippen molar-refractivity contribution < 1.29 is 18.9 Å². The summed E-state index contributed by atoms with van der Waals surface area (Å²) in [5.41, 5.74) is 4.59. The van der Waals surface area contributed by atoms with Crippen LogP contribution in [-0.4, -0.2) is 40.7 Å². The van der Waals surface area contributed by atoms with Crippen LogP contribution in [0.5, 0.6) is 23.0 Å². The van der Waals surface area contributed by atoms with E-state index in [4.69, 9.17) is 23.9 Å². The lowest BCUT2D eigenvalue weighted by molar-refractivity contribution is 0.324. The maximum atomic E-state index is 5.45. The average Bonchev–Trinajstić information content (AvgIpc) is 2.66. The fourth-order valence-electron chi connectivity index (χ4n) is 3.16. The molecule has 0 fully saturated rings. The van der Waals surface area contributed by atoms with Gasteiger partial charge in [0.05, 0.1) is 28.4 Å². The van der Waals surface area contributed by atoms with Gasteiger partial charge in [0.25, 0.3) is 0 Å². The van der Waals surface area contributed by atoms with E-state index in [0.717, 1.165) is 30.0 Å². The summed E-state index contributed by atoms with van der Waals surface area (Å²) < 4.78 is 21.6. The molecule has 0 amide bonds. The lowest BCUT2D eigenvalue weighted by Gasteiger charge is -2.19. The first kappa shape index (κ1) is 19.9. The van der Waals surface area contributed by atoms with E-state index < -0.39 is 0 Å². The zero-order valence-electron chi connectivity index (χ0n) is 15.5. The molecule has 0 saturated heterocycles. The van der Waals surface area contributed by atoms with E-state index in [0.29, 0.717) is 23.7 Å². The van der Waals surface area contributed by atoms with Crippen LogP contribution >= 0.6 is 12.4 Å². The molecule has 0 bridgehead atoms. The number of fused-ring (bicyclic) bond motifs is 1. The van der Waals surface area contributed by atoms with Crippen LogP contribution in [0.25, 0.3) is 0 Å². The molecule has 26 heavy (non-hydrogen) atoms. The van der Waals surface area contributed by atoms with E-state index in [2.05, 4.69) is 12.1 Å². The summed E-state index contributed by atoms with van der Waals surface area (Å²) in [6.07, 6.45) is 1.64. The molecule has 1 heterocycles. The zero-order valence-corrected chi connectivity index (χ0v) is 16.3. The van der Waals surface area contributed by atoms with Crippen LogP contribution in [0.4, 0.5) is 0 Å². The Morgan fingerprint density at radius 3 is 2.15 bits per heavy atom. The molecule has 2 aromatic rings. The van der Waals surface area contributed by atoms with Gasteiger partial charge >= 0.3 is 0 Å². The Kier molecular flexibility index (Phi) is 6.75. The second-order valence-corrected chi connectivity index (χ2v) is 5.81. The van der Waals surface area contributed by atoms with Crippen molar-refractivity contribution in [1.82, 2.24) is 0 Å². The highest BCUT2D eigenvalue weighted by atomic mass is 35.5. The van der Waals surface area contributed by atoms with Gasteiger partial charge in [-0.2, -0.15) is 0 Å². The zero-order chi connectivity index (χ0) is 17.8. The van der Waals surface area contributed by atoms with E-state index in [1.807, 2.05) is 18.2 Å². The smallest absolute Gasteiger partial charge is 0.203 e. The van der Waals surface area contributed by atoms with Gasteiger partial charge in [-0.1, -0.05) is 0 Å². The van der Waals surface area contributed by atoms with E-state index in [1.165, 1.54) is 11.1 Å². The van der Waals surface area contributed by atoms with E-state index in [-0.39, 0.29) is 12.4 Å². The topological polar surface area (TPSA) is 49.3 Å². The van der Waals surface area contributed by atoms with Gasteiger partial charge in [0, 0.05) is 18.7 Å². The molecule has 1 aliphatic heterocycles. The third-order valence-corrected chi connectivity index (χ3v) is 4.40. The number of hydrogen-bond donors (Lipinski definition) is 0. The fraction of sp³-hybridized carbons (Fsp3) is 0.350. The predicted octanol–water partition coefficient (Wildman–Crippen LogP) is 3.73. The largest absolute Gasteiger partial charge is 0.497 e. The lowest BCUT2D eigenvalue weighted by Crippen LogP contribution is -2.15. The second-order valence-electron chi connectivity index (χ2n) is 5.81. The number of hydrogen-bond acceptors (Lipinski definition) is 5. The van der Waals surface area contributed by atoms with Gasteiger partial charge < -0.3 is 18.9 Å². The van der Waals surface area contributed by atoms with Crippen LogP contribution in [0.2, 0.25) is 0 Å². The molecule has 2 aromatic carbocycles. The molecule has 0 aromatic heterocycles. The summed E-state index contributed by atoms with van der Waals surface area (Å²) in [5.74, 6) is 2.80. The molecule has 3 rings (SSSR count). The Hall–Kier alpha value is -2.40. The van der Waals surface area contributed by atoms with Gasteiger partial charge in [-0.15, -0.1) is 12.4 Å². The third kappa shape index (κ3) is 3.88. The first-order valence-corrected chi connectivity index (χ1v) is 8.19. The van der Waals surface area contributed by atoms with Crippen LogP contribution in [0.1, 0.15) is 16.7 Å². The minimum Gasteiger partial charge on any atom is -0.497 e. The highest BCUT2D eigenvalue weighted by Gasteiger charge is 2.18. The number of benzene rings is 2. The average molecular weight is 378 g/mol. The van der Waals surface area contributed by atoms with Crippen LogP contribution < -0.4 is 18.9 Å². The highest BCUT2D eigenvalue weighted by Crippen LogP contribution is 2.38. The van der Waals surface area contributed by atoms with Gasteiger partial charge in [-0.3, -0.25) is 4.99 Å². The summed E-state index contributed by atoms with van der Waals surface area (Å²) in [6.45, 7) is 0.792. The number of halogens is 1. The van der Waals surface area contributed by atoms with Crippen LogP contribution in [0, 0.1) is 0 Å². The number of rotatable bonds is 6. The minimum absolute atomic E-state index is 0. The Labute approximate surface area is 160 Å². The van der Waals surface area contributed by atoms with Crippen molar-refractivity contribution >= 4 is 18.1 Å². The third-order valence-electron chi connectivity index (χ3n) is 4.40. The summed E-state index contributed by atoms with van der Waals surface area (Å²) >= 11 is 0. The molecule has 0 spiro atoms. The van der Waals surface area contributed by atoms with Crippen molar-refractivity contribution in [2.24, 2.45) is 4.99 Å². The van der Waals surface area contributed by atoms with Crippen molar-refractivity contribution in [2.45, 2.75) is 12.8 Å². The summed E-state index contributed by atoms with van der Waals surface area (Å²) in [7, 11) is 6.55. The summed E-state index contributed by atoms with van der Waals surface area (Å²) in [5, 5.41) is 0. The van der Waals surface area contributed by atoms with Crippen molar-refractivity contribution in [3.63, 3.8) is 0 Å². The molecule has 0 N–H and O–H groups in total. The van der Waals surface area contributed by atoms with Gasteiger partial charge in [0.15, 0.2) is 11.5 Å². The molecule has 140 valence electrons. The molecule has 6 heteroatoms. The van der Waals surface area contributed by atoms with Gasteiger partial charge in [0.2, 0.25) is 5.75 Å². The van der Waals surface area contributed by atoms with Gasteiger partial charge in [-0.25, -0.2) is 0 Å². The molecule has 5 nitrogen and oxygen atoms in total. The normalized spacial score (nSPS) is 12.4. The Morgan fingerprint density at radius 2 is 1.58 bits per heavy atom. The first-order chi connectivity index (χ1) is 12.2. The molecule has 0 saturated carbocycles. The van der Waals surface area contributed by atoms with E-state index in [9.17, 15) is 0 Å². The van der Waals surface area contributed by atoms with Crippen LogP contribution in [0.3, 0.4) is 0 Å². The monoisotopic (exact) mass is 377 g/mol. The van der Waals surface area contributed by atoms with Gasteiger partial charge in [0.1, 0.15) is 5.75 Å². The molecular formula is C20H24ClNO4. The minimum atomic E-state index is 0. The number of methoxy groups -OCH3 is 4.